The molecule has 0 spiro atoms. The Labute approximate surface area is 127 Å². The Kier molecular flexibility index (Phi) is 3.99. The Bertz CT molecular complexity index is 629. The zero-order valence-electron chi connectivity index (χ0n) is 12.6. The molecule has 8 heteroatoms. The first kappa shape index (κ1) is 14.4. The number of piperidine rings is 1. The van der Waals surface area contributed by atoms with Gasteiger partial charge >= 0.3 is 0 Å². The van der Waals surface area contributed by atoms with Crippen LogP contribution >= 0.6 is 0 Å². The third-order valence-electron chi connectivity index (χ3n) is 3.58. The summed E-state index contributed by atoms with van der Waals surface area (Å²) in [6.45, 7) is 5.03. The number of nitrogens with one attached hydrogen (secondary N) is 1. The summed E-state index contributed by atoms with van der Waals surface area (Å²) in [6.07, 6.45) is 2.93. The van der Waals surface area contributed by atoms with Crippen LogP contribution in [0.1, 0.15) is 35.0 Å². The fourth-order valence-electron chi connectivity index (χ4n) is 2.55. The molecule has 3 heterocycles. The molecular weight excluding hydrogens is 284 g/mol. The number of aromatic nitrogens is 5. The lowest BCUT2D eigenvalue weighted by Gasteiger charge is -2.31. The van der Waals surface area contributed by atoms with Crippen LogP contribution < -0.4 is 4.74 Å². The molecule has 0 bridgehead atoms. The number of likely N-dealkylation sites (tertiary alicyclic amines) is 1. The van der Waals surface area contributed by atoms with Gasteiger partial charge in [-0.25, -0.2) is 9.97 Å². The third kappa shape index (κ3) is 3.21. The van der Waals surface area contributed by atoms with E-state index in [1.54, 1.807) is 4.90 Å². The van der Waals surface area contributed by atoms with Crippen LogP contribution in [0.2, 0.25) is 0 Å². The van der Waals surface area contributed by atoms with Crippen molar-refractivity contribution in [2.45, 2.75) is 32.8 Å². The van der Waals surface area contributed by atoms with Crippen molar-refractivity contribution in [1.82, 2.24) is 30.0 Å². The Hall–Kier alpha value is -2.51. The lowest BCUT2D eigenvalue weighted by molar-refractivity contribution is 0.0576. The first-order valence-corrected chi connectivity index (χ1v) is 7.25. The summed E-state index contributed by atoms with van der Waals surface area (Å²) in [7, 11) is 0. The van der Waals surface area contributed by atoms with E-state index in [4.69, 9.17) is 4.74 Å². The topological polar surface area (TPSA) is 96.9 Å². The smallest absolute Gasteiger partial charge is 0.291 e. The van der Waals surface area contributed by atoms with Crippen molar-refractivity contribution in [2.75, 3.05) is 13.1 Å². The molecule has 1 aliphatic heterocycles. The molecule has 116 valence electrons. The van der Waals surface area contributed by atoms with Crippen molar-refractivity contribution in [3.63, 3.8) is 0 Å². The van der Waals surface area contributed by atoms with Crippen molar-refractivity contribution in [1.29, 1.82) is 0 Å². The van der Waals surface area contributed by atoms with Gasteiger partial charge in [0.2, 0.25) is 11.7 Å². The SMILES string of the molecule is Cc1cc(OC2CCN(C(=O)c3ncn[nH]3)CC2)nc(C)n1. The molecule has 1 saturated heterocycles. The summed E-state index contributed by atoms with van der Waals surface area (Å²) < 4.78 is 5.91. The average Bonchev–Trinajstić information content (AvgIpc) is 3.00. The van der Waals surface area contributed by atoms with E-state index >= 15 is 0 Å². The van der Waals surface area contributed by atoms with Crippen molar-refractivity contribution < 1.29 is 9.53 Å². The van der Waals surface area contributed by atoms with Gasteiger partial charge in [0.05, 0.1) is 0 Å². The fourth-order valence-corrected chi connectivity index (χ4v) is 2.55. The van der Waals surface area contributed by atoms with Gasteiger partial charge in [-0.15, -0.1) is 0 Å². The lowest BCUT2D eigenvalue weighted by atomic mass is 10.1. The van der Waals surface area contributed by atoms with Gasteiger partial charge in [0.1, 0.15) is 18.3 Å². The van der Waals surface area contributed by atoms with Gasteiger partial charge in [0, 0.05) is 37.7 Å². The molecule has 0 saturated carbocycles. The Morgan fingerprint density at radius 3 is 2.73 bits per heavy atom. The summed E-state index contributed by atoms with van der Waals surface area (Å²) in [6, 6.07) is 1.83. The number of nitrogens with zero attached hydrogens (tertiary/aromatic N) is 5. The minimum Gasteiger partial charge on any atom is -0.474 e. The largest absolute Gasteiger partial charge is 0.474 e. The maximum Gasteiger partial charge on any atom is 0.291 e. The third-order valence-corrected chi connectivity index (χ3v) is 3.58. The summed E-state index contributed by atoms with van der Waals surface area (Å²) >= 11 is 0. The maximum absolute atomic E-state index is 12.1. The summed E-state index contributed by atoms with van der Waals surface area (Å²) in [4.78, 5) is 26.3. The molecule has 2 aromatic heterocycles. The molecule has 1 N–H and O–H groups in total. The Morgan fingerprint density at radius 1 is 1.32 bits per heavy atom. The van der Waals surface area contributed by atoms with Crippen LogP contribution in [0.3, 0.4) is 0 Å². The molecule has 1 aliphatic rings. The first-order chi connectivity index (χ1) is 10.6. The number of aromatic amines is 1. The number of hydrogen-bond donors (Lipinski definition) is 1. The number of aryl methyl sites for hydroxylation is 2. The molecule has 0 unspecified atom stereocenters. The molecule has 0 atom stereocenters. The predicted molar refractivity (Wildman–Crippen MR) is 77.4 cm³/mol. The van der Waals surface area contributed by atoms with Crippen LogP contribution in [0.5, 0.6) is 5.88 Å². The predicted octanol–water partition coefficient (Wildman–Crippen LogP) is 0.895. The minimum absolute atomic E-state index is 0.0625. The van der Waals surface area contributed by atoms with E-state index in [9.17, 15) is 4.79 Å². The van der Waals surface area contributed by atoms with E-state index in [1.807, 2.05) is 19.9 Å². The molecule has 3 rings (SSSR count). The van der Waals surface area contributed by atoms with Gasteiger partial charge in [0.25, 0.3) is 5.91 Å². The molecule has 1 amide bonds. The van der Waals surface area contributed by atoms with Gasteiger partial charge in [-0.3, -0.25) is 9.89 Å². The number of hydrogen-bond acceptors (Lipinski definition) is 6. The molecule has 1 fully saturated rings. The molecular formula is C14H18N6O2. The summed E-state index contributed by atoms with van der Waals surface area (Å²) in [5.41, 5.74) is 0.889. The van der Waals surface area contributed by atoms with Gasteiger partial charge < -0.3 is 9.64 Å². The second kappa shape index (κ2) is 6.08. The first-order valence-electron chi connectivity index (χ1n) is 7.25. The second-order valence-corrected chi connectivity index (χ2v) is 5.34. The molecule has 0 aliphatic carbocycles. The highest BCUT2D eigenvalue weighted by molar-refractivity contribution is 5.90. The molecule has 0 radical (unpaired) electrons. The number of rotatable bonds is 3. The van der Waals surface area contributed by atoms with Gasteiger partial charge in [-0.1, -0.05) is 0 Å². The van der Waals surface area contributed by atoms with Gasteiger partial charge in [-0.05, 0) is 13.8 Å². The van der Waals surface area contributed by atoms with Crippen LogP contribution in [-0.2, 0) is 0 Å². The quantitative estimate of drug-likeness (QED) is 0.904. The lowest BCUT2D eigenvalue weighted by Crippen LogP contribution is -2.42. The normalized spacial score (nSPS) is 15.8. The van der Waals surface area contributed by atoms with Gasteiger partial charge in [-0.2, -0.15) is 10.1 Å². The van der Waals surface area contributed by atoms with E-state index in [0.717, 1.165) is 18.5 Å². The number of amides is 1. The maximum atomic E-state index is 12.1. The van der Waals surface area contributed by atoms with E-state index in [-0.39, 0.29) is 17.8 Å². The molecule has 22 heavy (non-hydrogen) atoms. The Balaban J connectivity index is 1.56. The highest BCUT2D eigenvalue weighted by Crippen LogP contribution is 2.18. The van der Waals surface area contributed by atoms with Crippen LogP contribution in [0.15, 0.2) is 12.4 Å². The monoisotopic (exact) mass is 302 g/mol. The van der Waals surface area contributed by atoms with E-state index in [2.05, 4.69) is 25.1 Å². The highest BCUT2D eigenvalue weighted by Gasteiger charge is 2.26. The Morgan fingerprint density at radius 2 is 2.09 bits per heavy atom. The van der Waals surface area contributed by atoms with Crippen LogP contribution in [-0.4, -0.2) is 55.1 Å². The summed E-state index contributed by atoms with van der Waals surface area (Å²) in [5.74, 6) is 1.46. The van der Waals surface area contributed by atoms with Gasteiger partial charge in [0.15, 0.2) is 0 Å². The zero-order valence-corrected chi connectivity index (χ0v) is 12.6. The number of carbonyl (C=O) groups is 1. The highest BCUT2D eigenvalue weighted by atomic mass is 16.5. The average molecular weight is 302 g/mol. The summed E-state index contributed by atoms with van der Waals surface area (Å²) in [5, 5.41) is 6.30. The molecule has 8 nitrogen and oxygen atoms in total. The number of H-pyrrole nitrogens is 1. The van der Waals surface area contributed by atoms with Crippen molar-refractivity contribution in [3.8, 4) is 5.88 Å². The van der Waals surface area contributed by atoms with E-state index in [0.29, 0.717) is 24.8 Å². The zero-order chi connectivity index (χ0) is 15.5. The van der Waals surface area contributed by atoms with Crippen LogP contribution in [0, 0.1) is 13.8 Å². The molecule has 2 aromatic rings. The van der Waals surface area contributed by atoms with Crippen LogP contribution in [0.4, 0.5) is 0 Å². The van der Waals surface area contributed by atoms with Crippen molar-refractivity contribution in [3.05, 3.63) is 29.7 Å². The number of carbonyl (C=O) groups excluding carboxylic acids is 1. The van der Waals surface area contributed by atoms with E-state index in [1.165, 1.54) is 6.33 Å². The standard InChI is InChI=1S/C14H18N6O2/c1-9-7-12(18-10(2)17-9)22-11-3-5-20(6-4-11)14(21)13-15-8-16-19-13/h7-8,11H,3-6H2,1-2H3,(H,15,16,19). The second-order valence-electron chi connectivity index (χ2n) is 5.34. The minimum atomic E-state index is -0.121. The van der Waals surface area contributed by atoms with Crippen LogP contribution in [0.25, 0.3) is 0 Å². The van der Waals surface area contributed by atoms with E-state index < -0.39 is 0 Å². The molecule has 0 aromatic carbocycles. The fraction of sp³-hybridized carbons (Fsp3) is 0.500. The number of ether oxygens (including phenoxy) is 1. The van der Waals surface area contributed by atoms with Crippen molar-refractivity contribution >= 4 is 5.91 Å². The van der Waals surface area contributed by atoms with Crippen molar-refractivity contribution in [2.24, 2.45) is 0 Å².